The zero-order chi connectivity index (χ0) is 18.1. The predicted octanol–water partition coefficient (Wildman–Crippen LogP) is -0.583. The molecule has 0 aliphatic carbocycles. The number of nitrogens with zero attached hydrogens (tertiary/aromatic N) is 1. The predicted molar refractivity (Wildman–Crippen MR) is 90.1 cm³/mol. The van der Waals surface area contributed by atoms with Crippen molar-refractivity contribution in [2.45, 2.75) is 17.5 Å². The molecule has 25 heavy (non-hydrogen) atoms. The second-order valence-electron chi connectivity index (χ2n) is 5.70. The fourth-order valence-electron chi connectivity index (χ4n) is 2.86. The third-order valence-corrected chi connectivity index (χ3v) is 5.52. The van der Waals surface area contributed by atoms with Gasteiger partial charge in [-0.2, -0.15) is 0 Å². The zero-order valence-corrected chi connectivity index (χ0v) is 13.9. The highest BCUT2D eigenvalue weighted by Gasteiger charge is 2.54. The second kappa shape index (κ2) is 6.87. The Kier molecular flexibility index (Phi) is 4.80. The molecule has 1 fully saturated rings. The van der Waals surface area contributed by atoms with Crippen LogP contribution in [0.25, 0.3) is 0 Å². The first-order valence-corrected chi connectivity index (χ1v) is 8.62. The average molecular weight is 363 g/mol. The molecule has 1 aromatic carbocycles. The quantitative estimate of drug-likeness (QED) is 0.514. The van der Waals surface area contributed by atoms with Crippen LogP contribution in [0.1, 0.15) is 11.6 Å². The van der Waals surface area contributed by atoms with Gasteiger partial charge >= 0.3 is 5.97 Å². The summed E-state index contributed by atoms with van der Waals surface area (Å²) in [6, 6.07) is 7.01. The molecule has 2 unspecified atom stereocenters. The lowest BCUT2D eigenvalue weighted by molar-refractivity contribution is -0.151. The number of benzene rings is 1. The van der Waals surface area contributed by atoms with Gasteiger partial charge in [0.1, 0.15) is 23.2 Å². The van der Waals surface area contributed by atoms with E-state index in [1.165, 1.54) is 11.8 Å². The molecule has 2 heterocycles. The lowest BCUT2D eigenvalue weighted by atomic mass is 10.0. The first kappa shape index (κ1) is 17.5. The summed E-state index contributed by atoms with van der Waals surface area (Å²) in [6.07, 6.45) is 0. The molecule has 0 aromatic heterocycles. The smallest absolute Gasteiger partial charge is 0.352 e. The summed E-state index contributed by atoms with van der Waals surface area (Å²) in [5.74, 6) is -2.01. The Hall–Kier alpha value is -2.36. The summed E-state index contributed by atoms with van der Waals surface area (Å²) in [5.41, 5.74) is 6.62. The number of rotatable bonds is 5. The highest BCUT2D eigenvalue weighted by atomic mass is 32.2. The number of aliphatic hydroxyl groups excluding tert-OH is 1. The first-order chi connectivity index (χ1) is 12.0. The third kappa shape index (κ3) is 3.01. The Bertz CT molecular complexity index is 751. The normalized spacial score (nSPS) is 23.6. The van der Waals surface area contributed by atoms with Gasteiger partial charge in [-0.05, 0) is 11.1 Å². The van der Waals surface area contributed by atoms with E-state index >= 15 is 0 Å². The zero-order valence-electron chi connectivity index (χ0n) is 13.1. The van der Waals surface area contributed by atoms with E-state index in [2.05, 4.69) is 5.32 Å². The van der Waals surface area contributed by atoms with Crippen molar-refractivity contribution in [3.63, 3.8) is 0 Å². The minimum Gasteiger partial charge on any atom is -0.477 e. The van der Waals surface area contributed by atoms with E-state index in [9.17, 15) is 24.6 Å². The van der Waals surface area contributed by atoms with Crippen molar-refractivity contribution in [1.29, 1.82) is 0 Å². The van der Waals surface area contributed by atoms with E-state index in [1.807, 2.05) is 0 Å². The second-order valence-corrected chi connectivity index (χ2v) is 6.80. The van der Waals surface area contributed by atoms with E-state index in [4.69, 9.17) is 5.73 Å². The highest BCUT2D eigenvalue weighted by Crippen LogP contribution is 2.40. The summed E-state index contributed by atoms with van der Waals surface area (Å²) in [6.45, 7) is -0.430. The molecular weight excluding hydrogens is 346 g/mol. The Morgan fingerprint density at radius 1 is 1.36 bits per heavy atom. The number of fused-ring (bicyclic) bond motifs is 1. The Balaban J connectivity index is 1.73. The number of nitrogens with one attached hydrogen (secondary N) is 1. The van der Waals surface area contributed by atoms with Crippen LogP contribution < -0.4 is 11.1 Å². The maximum Gasteiger partial charge on any atom is 0.352 e. The SMILES string of the molecule is NC(C(=O)NC1C(=O)N2C(C(=O)O)=C(CO)CS[C@@H]12)c1ccccc1. The Morgan fingerprint density at radius 2 is 2.04 bits per heavy atom. The van der Waals surface area contributed by atoms with Gasteiger partial charge in [-0.15, -0.1) is 11.8 Å². The number of hydrogen-bond acceptors (Lipinski definition) is 6. The number of carboxylic acid groups (broad SMARTS) is 1. The summed E-state index contributed by atoms with van der Waals surface area (Å²) in [7, 11) is 0. The van der Waals surface area contributed by atoms with Gasteiger partial charge in [0, 0.05) is 5.75 Å². The van der Waals surface area contributed by atoms with Gasteiger partial charge in [-0.3, -0.25) is 14.5 Å². The molecule has 2 amide bonds. The van der Waals surface area contributed by atoms with Gasteiger partial charge in [0.05, 0.1) is 6.61 Å². The van der Waals surface area contributed by atoms with Crippen LogP contribution in [0.5, 0.6) is 0 Å². The van der Waals surface area contributed by atoms with E-state index in [0.717, 1.165) is 4.90 Å². The molecule has 8 nitrogen and oxygen atoms in total. The first-order valence-electron chi connectivity index (χ1n) is 7.57. The van der Waals surface area contributed by atoms with Crippen LogP contribution in [0.2, 0.25) is 0 Å². The molecule has 2 aliphatic heterocycles. The molecule has 0 spiro atoms. The number of aliphatic hydroxyl groups is 1. The van der Waals surface area contributed by atoms with Gasteiger partial charge in [-0.25, -0.2) is 4.79 Å². The minimum absolute atomic E-state index is 0.200. The van der Waals surface area contributed by atoms with Gasteiger partial charge in [-0.1, -0.05) is 30.3 Å². The summed E-state index contributed by atoms with van der Waals surface area (Å²) in [4.78, 5) is 37.2. The molecule has 0 saturated carbocycles. The lowest BCUT2D eigenvalue weighted by Crippen LogP contribution is -2.71. The van der Waals surface area contributed by atoms with Crippen molar-refractivity contribution in [3.05, 3.63) is 47.2 Å². The fourth-order valence-corrected chi connectivity index (χ4v) is 4.19. The maximum atomic E-state index is 12.3. The molecule has 132 valence electrons. The summed E-state index contributed by atoms with van der Waals surface area (Å²) in [5, 5.41) is 20.7. The molecular formula is C16H17N3O5S. The molecule has 3 rings (SSSR count). The fraction of sp³-hybridized carbons (Fsp3) is 0.312. The van der Waals surface area contributed by atoms with Gasteiger partial charge in [0.2, 0.25) is 5.91 Å². The van der Waals surface area contributed by atoms with Crippen molar-refractivity contribution in [3.8, 4) is 0 Å². The van der Waals surface area contributed by atoms with Gasteiger partial charge in [0.25, 0.3) is 5.91 Å². The van der Waals surface area contributed by atoms with Crippen LogP contribution in [0, 0.1) is 0 Å². The Morgan fingerprint density at radius 3 is 2.64 bits per heavy atom. The monoisotopic (exact) mass is 363 g/mol. The lowest BCUT2D eigenvalue weighted by Gasteiger charge is -2.49. The molecule has 1 saturated heterocycles. The highest BCUT2D eigenvalue weighted by molar-refractivity contribution is 8.00. The van der Waals surface area contributed by atoms with Crippen molar-refractivity contribution in [2.75, 3.05) is 12.4 Å². The summed E-state index contributed by atoms with van der Waals surface area (Å²) >= 11 is 1.30. The van der Waals surface area contributed by atoms with Gasteiger partial charge in [0.15, 0.2) is 0 Å². The van der Waals surface area contributed by atoms with Crippen LogP contribution in [0.3, 0.4) is 0 Å². The molecule has 3 atom stereocenters. The van der Waals surface area contributed by atoms with Crippen molar-refractivity contribution in [1.82, 2.24) is 10.2 Å². The number of nitrogens with two attached hydrogens (primary N) is 1. The largest absolute Gasteiger partial charge is 0.477 e. The Labute approximate surface area is 147 Å². The minimum atomic E-state index is -1.27. The molecule has 2 aliphatic rings. The number of β-lactam (4-membered cyclic amide) rings is 1. The van der Waals surface area contributed by atoms with Gasteiger partial charge < -0.3 is 21.3 Å². The third-order valence-electron chi connectivity index (χ3n) is 4.18. The van der Waals surface area contributed by atoms with Crippen LogP contribution >= 0.6 is 11.8 Å². The molecule has 0 bridgehead atoms. The number of thioether (sulfide) groups is 1. The molecule has 5 N–H and O–H groups in total. The van der Waals surface area contributed by atoms with E-state index < -0.39 is 41.8 Å². The molecule has 0 radical (unpaired) electrons. The van der Waals surface area contributed by atoms with Crippen molar-refractivity contribution < 1.29 is 24.6 Å². The number of aliphatic carboxylic acids is 1. The van der Waals surface area contributed by atoms with Crippen LogP contribution in [-0.4, -0.2) is 56.7 Å². The van der Waals surface area contributed by atoms with Crippen molar-refractivity contribution >= 4 is 29.5 Å². The van der Waals surface area contributed by atoms with Crippen LogP contribution in [0.4, 0.5) is 0 Å². The topological polar surface area (TPSA) is 133 Å². The number of hydrogen-bond donors (Lipinski definition) is 4. The summed E-state index contributed by atoms with van der Waals surface area (Å²) < 4.78 is 0. The number of amides is 2. The van der Waals surface area contributed by atoms with Crippen LogP contribution in [-0.2, 0) is 14.4 Å². The van der Waals surface area contributed by atoms with E-state index in [0.29, 0.717) is 5.56 Å². The average Bonchev–Trinajstić information content (AvgIpc) is 2.64. The number of carbonyl (C=O) groups excluding carboxylic acids is 2. The maximum absolute atomic E-state index is 12.3. The van der Waals surface area contributed by atoms with E-state index in [-0.39, 0.29) is 17.0 Å². The number of carbonyl (C=O) groups is 3. The molecule has 1 aromatic rings. The molecule has 9 heteroatoms. The van der Waals surface area contributed by atoms with E-state index in [1.54, 1.807) is 30.3 Å². The number of carboxylic acids is 1. The van der Waals surface area contributed by atoms with Crippen LogP contribution in [0.15, 0.2) is 41.6 Å². The van der Waals surface area contributed by atoms with Crippen molar-refractivity contribution in [2.24, 2.45) is 5.73 Å². The standard InChI is InChI=1S/C16H17N3O5S/c17-10(8-4-2-1-3-5-8)13(21)18-11-14(22)19-12(16(23)24)9(6-20)7-25-15(11)19/h1-5,10-11,15,20H,6-7,17H2,(H,18,21)(H,23,24)/t10?,11?,15-/m0/s1.